The number of hydrogen-bond acceptors (Lipinski definition) is 2. The summed E-state index contributed by atoms with van der Waals surface area (Å²) in [6, 6.07) is 19.3. The fourth-order valence-electron chi connectivity index (χ4n) is 4.10. The number of nitrogens with one attached hydrogen (secondary N) is 2. The first-order valence-corrected chi connectivity index (χ1v) is 11.3. The van der Waals surface area contributed by atoms with Crippen LogP contribution in [0.3, 0.4) is 0 Å². The fraction of sp³-hybridized carbons (Fsp3) is 0.455. The van der Waals surface area contributed by atoms with Crippen molar-refractivity contribution in [1.82, 2.24) is 4.72 Å². The third kappa shape index (κ3) is 5.89. The Morgan fingerprint density at radius 2 is 1.52 bits per heavy atom. The van der Waals surface area contributed by atoms with Crippen LogP contribution in [0.25, 0.3) is 0 Å². The largest absolute Gasteiger partial charge is 0.333 e. The van der Waals surface area contributed by atoms with Gasteiger partial charge < -0.3 is 4.90 Å². The molecule has 1 aliphatic heterocycles. The molecule has 0 amide bonds. The minimum absolute atomic E-state index is 0.328. The second-order valence-electron chi connectivity index (χ2n) is 8.36. The Balaban J connectivity index is 1.51. The van der Waals surface area contributed by atoms with Crippen molar-refractivity contribution in [3.63, 3.8) is 0 Å². The molecule has 2 aromatic rings. The summed E-state index contributed by atoms with van der Waals surface area (Å²) in [4.78, 5) is 1.81. The van der Waals surface area contributed by atoms with E-state index in [0.717, 1.165) is 32.0 Å². The monoisotopic (exact) mass is 387 g/mol. The zero-order valence-electron chi connectivity index (χ0n) is 16.3. The number of quaternary nitrogens is 1. The van der Waals surface area contributed by atoms with Crippen molar-refractivity contribution in [2.24, 2.45) is 5.92 Å². The predicted molar refractivity (Wildman–Crippen MR) is 109 cm³/mol. The van der Waals surface area contributed by atoms with Gasteiger partial charge in [0.2, 0.25) is 10.0 Å². The average Bonchev–Trinajstić information content (AvgIpc) is 2.64. The van der Waals surface area contributed by atoms with Crippen molar-refractivity contribution >= 4 is 10.0 Å². The number of likely N-dealkylation sites (tertiary alicyclic amines) is 1. The molecule has 5 heteroatoms. The van der Waals surface area contributed by atoms with Crippen molar-refractivity contribution < 1.29 is 13.3 Å². The lowest BCUT2D eigenvalue weighted by atomic mass is 9.89. The summed E-state index contributed by atoms with van der Waals surface area (Å²) in [6.45, 7) is 6.98. The average molecular weight is 388 g/mol. The summed E-state index contributed by atoms with van der Waals surface area (Å²) >= 11 is 0. The van der Waals surface area contributed by atoms with Crippen LogP contribution in [0.2, 0.25) is 0 Å². The van der Waals surface area contributed by atoms with Crippen LogP contribution in [-0.2, 0) is 16.4 Å². The smallest absolute Gasteiger partial charge is 0.241 e. The first-order chi connectivity index (χ1) is 12.8. The number of sulfonamides is 1. The van der Waals surface area contributed by atoms with Crippen molar-refractivity contribution in [2.75, 3.05) is 19.6 Å². The van der Waals surface area contributed by atoms with Crippen LogP contribution >= 0.6 is 0 Å². The Morgan fingerprint density at radius 1 is 0.963 bits per heavy atom. The third-order valence-electron chi connectivity index (χ3n) is 5.34. The second-order valence-corrected chi connectivity index (χ2v) is 10.0. The van der Waals surface area contributed by atoms with Crippen LogP contribution in [-0.4, -0.2) is 33.6 Å². The first kappa shape index (κ1) is 20.1. The highest BCUT2D eigenvalue weighted by Gasteiger charge is 2.32. The molecular weight excluding hydrogens is 356 g/mol. The molecule has 0 spiro atoms. The van der Waals surface area contributed by atoms with Gasteiger partial charge in [-0.05, 0) is 56.7 Å². The van der Waals surface area contributed by atoms with Crippen LogP contribution in [0, 0.1) is 5.92 Å². The molecule has 1 heterocycles. The van der Waals surface area contributed by atoms with Crippen LogP contribution < -0.4 is 9.62 Å². The van der Waals surface area contributed by atoms with Crippen LogP contribution in [0.15, 0.2) is 65.6 Å². The molecule has 0 bridgehead atoms. The molecule has 1 saturated heterocycles. The highest BCUT2D eigenvalue weighted by atomic mass is 32.2. The van der Waals surface area contributed by atoms with E-state index in [9.17, 15) is 8.42 Å². The Hall–Kier alpha value is -1.69. The molecule has 1 aliphatic rings. The van der Waals surface area contributed by atoms with E-state index >= 15 is 0 Å². The van der Waals surface area contributed by atoms with Crippen LogP contribution in [0.5, 0.6) is 0 Å². The van der Waals surface area contributed by atoms with Gasteiger partial charge >= 0.3 is 0 Å². The van der Waals surface area contributed by atoms with E-state index in [1.807, 2.05) is 19.9 Å². The summed E-state index contributed by atoms with van der Waals surface area (Å²) < 4.78 is 28.1. The first-order valence-electron chi connectivity index (χ1n) is 9.81. The van der Waals surface area contributed by atoms with E-state index in [1.54, 1.807) is 24.3 Å². The molecule has 146 valence electrons. The zero-order chi connectivity index (χ0) is 19.3. The van der Waals surface area contributed by atoms with Crippen LogP contribution in [0.1, 0.15) is 32.3 Å². The quantitative estimate of drug-likeness (QED) is 0.766. The van der Waals surface area contributed by atoms with E-state index in [-0.39, 0.29) is 0 Å². The maximum Gasteiger partial charge on any atom is 0.241 e. The van der Waals surface area contributed by atoms with Crippen molar-refractivity contribution in [3.8, 4) is 0 Å². The van der Waals surface area contributed by atoms with Crippen molar-refractivity contribution in [1.29, 1.82) is 0 Å². The van der Waals surface area contributed by atoms with E-state index in [0.29, 0.717) is 4.90 Å². The van der Waals surface area contributed by atoms with Gasteiger partial charge in [-0.1, -0.05) is 48.5 Å². The lowest BCUT2D eigenvalue weighted by Crippen LogP contribution is -3.15. The summed E-state index contributed by atoms with van der Waals surface area (Å²) in [5, 5.41) is 0. The number of rotatable bonds is 7. The minimum atomic E-state index is -3.48. The molecular formula is C22H31N2O2S+. The maximum absolute atomic E-state index is 12.6. The van der Waals surface area contributed by atoms with Gasteiger partial charge in [0.25, 0.3) is 0 Å². The number of piperidine rings is 1. The summed E-state index contributed by atoms with van der Waals surface area (Å²) in [7, 11) is -3.48. The normalized spacial score (nSPS) is 21.1. The molecule has 2 aromatic carbocycles. The molecule has 27 heavy (non-hydrogen) atoms. The molecule has 0 saturated carbocycles. The Bertz CT molecular complexity index is 812. The Morgan fingerprint density at radius 3 is 2.11 bits per heavy atom. The van der Waals surface area contributed by atoms with Gasteiger partial charge in [-0.15, -0.1) is 0 Å². The van der Waals surface area contributed by atoms with E-state index in [4.69, 9.17) is 0 Å². The van der Waals surface area contributed by atoms with Gasteiger partial charge in [-0.2, -0.15) is 4.72 Å². The van der Waals surface area contributed by atoms with Gasteiger partial charge in [-0.25, -0.2) is 8.42 Å². The van der Waals surface area contributed by atoms with Crippen molar-refractivity contribution in [2.45, 2.75) is 43.5 Å². The lowest BCUT2D eigenvalue weighted by molar-refractivity contribution is -0.909. The molecule has 0 radical (unpaired) electrons. The Kier molecular flexibility index (Phi) is 6.35. The molecule has 4 nitrogen and oxygen atoms in total. The number of hydrogen-bond donors (Lipinski definition) is 2. The molecule has 2 N–H and O–H groups in total. The van der Waals surface area contributed by atoms with Gasteiger partial charge in [-0.3, -0.25) is 0 Å². The van der Waals surface area contributed by atoms with E-state index in [1.165, 1.54) is 23.3 Å². The highest BCUT2D eigenvalue weighted by Crippen LogP contribution is 2.17. The molecule has 0 aromatic heterocycles. The topological polar surface area (TPSA) is 50.6 Å². The number of benzene rings is 2. The summed E-state index contributed by atoms with van der Waals surface area (Å²) in [6.07, 6.45) is 3.55. The second kappa shape index (κ2) is 8.55. The van der Waals surface area contributed by atoms with Crippen LogP contribution in [0.4, 0.5) is 0 Å². The molecule has 0 aliphatic carbocycles. The SMILES string of the molecule is CC(C)(C[NH+]1CCC(Cc2ccccc2)CC1)NS(=O)(=O)c1ccccc1. The van der Waals surface area contributed by atoms with Gasteiger partial charge in [0.05, 0.1) is 30.1 Å². The maximum atomic E-state index is 12.6. The fourth-order valence-corrected chi connectivity index (χ4v) is 5.53. The van der Waals surface area contributed by atoms with Crippen molar-refractivity contribution in [3.05, 3.63) is 66.2 Å². The Labute approximate surface area is 163 Å². The van der Waals surface area contributed by atoms with E-state index in [2.05, 4.69) is 35.1 Å². The van der Waals surface area contributed by atoms with Gasteiger partial charge in [0.1, 0.15) is 0 Å². The standard InChI is InChI=1S/C22H30N2O2S/c1-22(2,23-27(25,26)21-11-7-4-8-12-21)18-24-15-13-20(14-16-24)17-19-9-5-3-6-10-19/h3-12,20,23H,13-18H2,1-2H3/p+1. The molecule has 0 unspecified atom stereocenters. The zero-order valence-corrected chi connectivity index (χ0v) is 17.1. The third-order valence-corrected chi connectivity index (χ3v) is 7.05. The summed E-state index contributed by atoms with van der Waals surface area (Å²) in [5.74, 6) is 0.736. The molecule has 3 rings (SSSR count). The predicted octanol–water partition coefficient (Wildman–Crippen LogP) is 2.28. The lowest BCUT2D eigenvalue weighted by Gasteiger charge is -2.35. The highest BCUT2D eigenvalue weighted by molar-refractivity contribution is 7.89. The molecule has 0 atom stereocenters. The van der Waals surface area contributed by atoms with Gasteiger partial charge in [0.15, 0.2) is 0 Å². The van der Waals surface area contributed by atoms with Gasteiger partial charge in [0, 0.05) is 0 Å². The minimum Gasteiger partial charge on any atom is -0.333 e. The van der Waals surface area contributed by atoms with E-state index < -0.39 is 15.6 Å². The molecule has 1 fully saturated rings. The summed E-state index contributed by atoms with van der Waals surface area (Å²) in [5.41, 5.74) is 0.943.